The van der Waals surface area contributed by atoms with E-state index in [2.05, 4.69) is 55.3 Å². The number of nitrogens with two attached hydrogens (primary N) is 1. The fourth-order valence-electron chi connectivity index (χ4n) is 2.41. The third kappa shape index (κ3) is 4.05. The second kappa shape index (κ2) is 7.23. The van der Waals surface area contributed by atoms with E-state index >= 15 is 0 Å². The van der Waals surface area contributed by atoms with Gasteiger partial charge in [0, 0.05) is 19.3 Å². The van der Waals surface area contributed by atoms with Crippen molar-refractivity contribution in [2.75, 3.05) is 18.5 Å². The Bertz CT molecular complexity index is 578. The van der Waals surface area contributed by atoms with Crippen LogP contribution in [-0.4, -0.2) is 18.6 Å². The van der Waals surface area contributed by atoms with Gasteiger partial charge in [0.1, 0.15) is 0 Å². The summed E-state index contributed by atoms with van der Waals surface area (Å²) in [6, 6.07) is 18.9. The van der Waals surface area contributed by atoms with Crippen LogP contribution in [0, 0.1) is 0 Å². The number of thiocarbonyl (C=S) groups is 1. The van der Waals surface area contributed by atoms with E-state index in [4.69, 9.17) is 18.0 Å². The molecule has 0 spiro atoms. The minimum atomic E-state index is 0.0667. The molecular weight excluding hydrogens is 276 g/mol. The maximum absolute atomic E-state index is 5.95. The zero-order valence-corrected chi connectivity index (χ0v) is 13.4. The van der Waals surface area contributed by atoms with Crippen LogP contribution in [0.1, 0.15) is 24.0 Å². The summed E-state index contributed by atoms with van der Waals surface area (Å²) in [4.78, 5) is 2.74. The second-order valence-electron chi connectivity index (χ2n) is 5.27. The van der Waals surface area contributed by atoms with Gasteiger partial charge in [-0.2, -0.15) is 0 Å². The number of rotatable bonds is 6. The van der Waals surface area contributed by atoms with Gasteiger partial charge < -0.3 is 10.6 Å². The van der Waals surface area contributed by atoms with Crippen molar-refractivity contribution < 1.29 is 0 Å². The summed E-state index contributed by atoms with van der Waals surface area (Å²) in [6.07, 6.45) is 1.06. The third-order valence-electron chi connectivity index (χ3n) is 3.79. The van der Waals surface area contributed by atoms with Crippen LogP contribution in [0.4, 0.5) is 5.69 Å². The second-order valence-corrected chi connectivity index (χ2v) is 5.74. The first-order valence-corrected chi connectivity index (χ1v) is 7.67. The Kier molecular flexibility index (Phi) is 5.34. The molecule has 0 bridgehead atoms. The molecule has 0 aliphatic carbocycles. The Morgan fingerprint density at radius 1 is 1.10 bits per heavy atom. The standard InChI is InChI=1S/C18H22N2S/c1-3-14-9-11-16(12-10-14)20(2)13-17(18(19)21)15-7-5-4-6-8-15/h4-12,17H,3,13H2,1-2H3,(H2,19,21). The van der Waals surface area contributed by atoms with Crippen molar-refractivity contribution in [3.8, 4) is 0 Å². The molecule has 2 nitrogen and oxygen atoms in total. The lowest BCUT2D eigenvalue weighted by molar-refractivity contribution is 0.825. The highest BCUT2D eigenvalue weighted by Gasteiger charge is 2.17. The summed E-state index contributed by atoms with van der Waals surface area (Å²) in [5, 5.41) is 0. The van der Waals surface area contributed by atoms with Crippen LogP contribution in [0.25, 0.3) is 0 Å². The number of hydrogen-bond acceptors (Lipinski definition) is 2. The summed E-state index contributed by atoms with van der Waals surface area (Å²) in [7, 11) is 2.08. The van der Waals surface area contributed by atoms with Crippen molar-refractivity contribution in [1.29, 1.82) is 0 Å². The predicted molar refractivity (Wildman–Crippen MR) is 95.1 cm³/mol. The molecule has 2 N–H and O–H groups in total. The fraction of sp³-hybridized carbons (Fsp3) is 0.278. The monoisotopic (exact) mass is 298 g/mol. The Labute approximate surface area is 132 Å². The van der Waals surface area contributed by atoms with Crippen molar-refractivity contribution in [2.24, 2.45) is 5.73 Å². The summed E-state index contributed by atoms with van der Waals surface area (Å²) in [5.74, 6) is 0.0667. The van der Waals surface area contributed by atoms with Crippen molar-refractivity contribution >= 4 is 22.9 Å². The smallest absolute Gasteiger partial charge is 0.0821 e. The van der Waals surface area contributed by atoms with Gasteiger partial charge in [-0.1, -0.05) is 61.6 Å². The third-order valence-corrected chi connectivity index (χ3v) is 4.07. The van der Waals surface area contributed by atoms with E-state index in [1.807, 2.05) is 18.2 Å². The molecule has 0 radical (unpaired) electrons. The molecule has 110 valence electrons. The van der Waals surface area contributed by atoms with Gasteiger partial charge in [0.15, 0.2) is 0 Å². The number of likely N-dealkylation sites (N-methyl/N-ethyl adjacent to an activating group) is 1. The number of anilines is 1. The van der Waals surface area contributed by atoms with Gasteiger partial charge in [-0.05, 0) is 29.7 Å². The van der Waals surface area contributed by atoms with E-state index in [0.29, 0.717) is 4.99 Å². The molecule has 1 unspecified atom stereocenters. The first-order chi connectivity index (χ1) is 10.1. The van der Waals surface area contributed by atoms with E-state index in [9.17, 15) is 0 Å². The largest absolute Gasteiger partial charge is 0.393 e. The number of aryl methyl sites for hydroxylation is 1. The van der Waals surface area contributed by atoms with Gasteiger partial charge in [0.05, 0.1) is 10.9 Å². The zero-order chi connectivity index (χ0) is 15.2. The molecule has 2 aromatic carbocycles. The van der Waals surface area contributed by atoms with Crippen LogP contribution in [-0.2, 0) is 6.42 Å². The lowest BCUT2D eigenvalue weighted by Gasteiger charge is -2.25. The minimum Gasteiger partial charge on any atom is -0.393 e. The Morgan fingerprint density at radius 3 is 2.24 bits per heavy atom. The predicted octanol–water partition coefficient (Wildman–Crippen LogP) is 3.76. The van der Waals surface area contributed by atoms with Crippen LogP contribution in [0.2, 0.25) is 0 Å². The highest BCUT2D eigenvalue weighted by Crippen LogP contribution is 2.21. The number of hydrogen-bond donors (Lipinski definition) is 1. The molecule has 0 aliphatic rings. The van der Waals surface area contributed by atoms with E-state index < -0.39 is 0 Å². The molecule has 2 aromatic rings. The molecule has 0 saturated heterocycles. The minimum absolute atomic E-state index is 0.0667. The quantitative estimate of drug-likeness (QED) is 0.824. The molecule has 1 atom stereocenters. The van der Waals surface area contributed by atoms with Crippen LogP contribution >= 0.6 is 12.2 Å². The maximum Gasteiger partial charge on any atom is 0.0821 e. The molecule has 0 amide bonds. The molecule has 0 heterocycles. The number of benzene rings is 2. The molecular formula is C18H22N2S. The highest BCUT2D eigenvalue weighted by atomic mass is 32.1. The first-order valence-electron chi connectivity index (χ1n) is 7.26. The molecule has 0 saturated carbocycles. The van der Waals surface area contributed by atoms with Crippen LogP contribution in [0.15, 0.2) is 54.6 Å². The Morgan fingerprint density at radius 2 is 1.71 bits per heavy atom. The molecule has 0 aromatic heterocycles. The normalized spacial score (nSPS) is 11.9. The fourth-order valence-corrected chi connectivity index (χ4v) is 2.62. The van der Waals surface area contributed by atoms with Gasteiger partial charge in [0.2, 0.25) is 0 Å². The topological polar surface area (TPSA) is 29.3 Å². The maximum atomic E-state index is 5.95. The van der Waals surface area contributed by atoms with Crippen molar-refractivity contribution in [2.45, 2.75) is 19.3 Å². The lowest BCUT2D eigenvalue weighted by atomic mass is 9.98. The van der Waals surface area contributed by atoms with Crippen LogP contribution in [0.5, 0.6) is 0 Å². The molecule has 3 heteroatoms. The van der Waals surface area contributed by atoms with Crippen molar-refractivity contribution in [1.82, 2.24) is 0 Å². The SMILES string of the molecule is CCc1ccc(N(C)CC(C(N)=S)c2ccccc2)cc1. The van der Waals surface area contributed by atoms with Crippen LogP contribution in [0.3, 0.4) is 0 Å². The van der Waals surface area contributed by atoms with Gasteiger partial charge in [-0.15, -0.1) is 0 Å². The van der Waals surface area contributed by atoms with E-state index in [1.165, 1.54) is 16.8 Å². The molecule has 0 aliphatic heterocycles. The average Bonchev–Trinajstić information content (AvgIpc) is 2.53. The average molecular weight is 298 g/mol. The van der Waals surface area contributed by atoms with Crippen molar-refractivity contribution in [3.05, 3.63) is 65.7 Å². The van der Waals surface area contributed by atoms with Crippen LogP contribution < -0.4 is 10.6 Å². The van der Waals surface area contributed by atoms with Gasteiger partial charge >= 0.3 is 0 Å². The first kappa shape index (κ1) is 15.5. The zero-order valence-electron chi connectivity index (χ0n) is 12.6. The molecule has 21 heavy (non-hydrogen) atoms. The van der Waals surface area contributed by atoms with Gasteiger partial charge in [-0.25, -0.2) is 0 Å². The van der Waals surface area contributed by atoms with E-state index in [1.54, 1.807) is 0 Å². The summed E-state index contributed by atoms with van der Waals surface area (Å²) in [5.41, 5.74) is 9.65. The van der Waals surface area contributed by atoms with Gasteiger partial charge in [-0.3, -0.25) is 0 Å². The Balaban J connectivity index is 2.14. The van der Waals surface area contributed by atoms with E-state index in [-0.39, 0.29) is 5.92 Å². The van der Waals surface area contributed by atoms with Crippen molar-refractivity contribution in [3.63, 3.8) is 0 Å². The number of nitrogens with zero attached hydrogens (tertiary/aromatic N) is 1. The lowest BCUT2D eigenvalue weighted by Crippen LogP contribution is -2.31. The van der Waals surface area contributed by atoms with Gasteiger partial charge in [0.25, 0.3) is 0 Å². The Hall–Kier alpha value is -1.87. The summed E-state index contributed by atoms with van der Waals surface area (Å²) in [6.45, 7) is 2.95. The summed E-state index contributed by atoms with van der Waals surface area (Å²) >= 11 is 5.26. The summed E-state index contributed by atoms with van der Waals surface area (Å²) < 4.78 is 0. The molecule has 2 rings (SSSR count). The van der Waals surface area contributed by atoms with E-state index in [0.717, 1.165) is 13.0 Å². The molecule has 0 fully saturated rings. The highest BCUT2D eigenvalue weighted by molar-refractivity contribution is 7.80.